The molecule has 2 heteroatoms. The molecule has 0 saturated heterocycles. The molecule has 0 spiro atoms. The predicted molar refractivity (Wildman–Crippen MR) is 59.4 cm³/mol. The zero-order valence-corrected chi connectivity index (χ0v) is 9.66. The van der Waals surface area contributed by atoms with Crippen LogP contribution in [-0.4, -0.2) is 10.9 Å². The standard InChI is InChI=1S/C8H10.C4H10O2/c1-7-5-3-4-6-8(7)2;1-4(2,3)6-5/h3-6H,1-2H3;5H,1-3H3. The highest BCUT2D eigenvalue weighted by Gasteiger charge is 2.06. The summed E-state index contributed by atoms with van der Waals surface area (Å²) in [6.07, 6.45) is 0. The summed E-state index contributed by atoms with van der Waals surface area (Å²) in [4.78, 5) is 3.94. The van der Waals surface area contributed by atoms with Gasteiger partial charge < -0.3 is 0 Å². The lowest BCUT2D eigenvalue weighted by Gasteiger charge is -2.10. The number of benzene rings is 1. The molecule has 0 bridgehead atoms. The van der Waals surface area contributed by atoms with E-state index in [0.29, 0.717) is 0 Å². The maximum Gasteiger partial charge on any atom is 0.0949 e. The van der Waals surface area contributed by atoms with Crippen LogP contribution in [0, 0.1) is 13.8 Å². The molecule has 0 unspecified atom stereocenters. The minimum atomic E-state index is -0.403. The third-order valence-corrected chi connectivity index (χ3v) is 1.70. The normalized spacial score (nSPS) is 10.4. The van der Waals surface area contributed by atoms with Gasteiger partial charge in [-0.1, -0.05) is 24.3 Å². The third-order valence-electron chi connectivity index (χ3n) is 1.70. The molecule has 1 aromatic carbocycles. The molecule has 0 fully saturated rings. The largest absolute Gasteiger partial charge is 0.251 e. The second kappa shape index (κ2) is 5.78. The highest BCUT2D eigenvalue weighted by atomic mass is 17.1. The monoisotopic (exact) mass is 196 g/mol. The second-order valence-corrected chi connectivity index (χ2v) is 4.29. The first-order valence-electron chi connectivity index (χ1n) is 4.71. The number of aryl methyl sites for hydroxylation is 2. The molecule has 80 valence electrons. The fourth-order valence-electron chi connectivity index (χ4n) is 0.663. The van der Waals surface area contributed by atoms with Gasteiger partial charge in [-0.25, -0.2) is 4.89 Å². The van der Waals surface area contributed by atoms with E-state index >= 15 is 0 Å². The van der Waals surface area contributed by atoms with Gasteiger partial charge >= 0.3 is 0 Å². The maximum atomic E-state index is 7.90. The lowest BCUT2D eigenvalue weighted by Crippen LogP contribution is -2.15. The molecule has 14 heavy (non-hydrogen) atoms. The molecule has 0 saturated carbocycles. The molecule has 0 radical (unpaired) electrons. The zero-order chi connectivity index (χ0) is 11.2. The van der Waals surface area contributed by atoms with Crippen molar-refractivity contribution < 1.29 is 10.1 Å². The average Bonchev–Trinajstić information content (AvgIpc) is 2.10. The number of hydrogen-bond donors (Lipinski definition) is 1. The maximum absolute atomic E-state index is 7.90. The van der Waals surface area contributed by atoms with Gasteiger partial charge in [0.2, 0.25) is 0 Å². The van der Waals surface area contributed by atoms with Crippen molar-refractivity contribution in [3.63, 3.8) is 0 Å². The first-order chi connectivity index (χ1) is 6.37. The van der Waals surface area contributed by atoms with Gasteiger partial charge in [0.1, 0.15) is 0 Å². The van der Waals surface area contributed by atoms with Gasteiger partial charge in [0.05, 0.1) is 5.60 Å². The Morgan fingerprint density at radius 2 is 1.29 bits per heavy atom. The molecule has 1 aromatic rings. The Morgan fingerprint density at radius 1 is 1.00 bits per heavy atom. The van der Waals surface area contributed by atoms with Gasteiger partial charge in [0.15, 0.2) is 0 Å². The van der Waals surface area contributed by atoms with Crippen LogP contribution in [0.25, 0.3) is 0 Å². The predicted octanol–water partition coefficient (Wildman–Crippen LogP) is 3.58. The number of hydrogen-bond acceptors (Lipinski definition) is 2. The van der Waals surface area contributed by atoms with Crippen molar-refractivity contribution >= 4 is 0 Å². The van der Waals surface area contributed by atoms with Crippen LogP contribution < -0.4 is 0 Å². The summed E-state index contributed by atoms with van der Waals surface area (Å²) >= 11 is 0. The SMILES string of the molecule is CC(C)(C)OO.Cc1ccccc1C. The molecule has 0 aliphatic carbocycles. The molecule has 1 rings (SSSR count). The molecule has 1 N–H and O–H groups in total. The third kappa shape index (κ3) is 6.63. The highest BCUT2D eigenvalue weighted by Crippen LogP contribution is 2.02. The quantitative estimate of drug-likeness (QED) is 0.507. The summed E-state index contributed by atoms with van der Waals surface area (Å²) in [6, 6.07) is 8.36. The van der Waals surface area contributed by atoms with Crippen molar-refractivity contribution in [1.29, 1.82) is 0 Å². The Labute approximate surface area is 86.5 Å². The summed E-state index contributed by atoms with van der Waals surface area (Å²) in [5, 5.41) is 7.90. The Balaban J connectivity index is 0.000000255. The zero-order valence-electron chi connectivity index (χ0n) is 9.66. The Bertz CT molecular complexity index is 240. The minimum absolute atomic E-state index is 0.403. The summed E-state index contributed by atoms with van der Waals surface area (Å²) in [7, 11) is 0. The van der Waals surface area contributed by atoms with Crippen LogP contribution in [0.15, 0.2) is 24.3 Å². The van der Waals surface area contributed by atoms with E-state index in [9.17, 15) is 0 Å². The van der Waals surface area contributed by atoms with Crippen LogP contribution in [0.2, 0.25) is 0 Å². The van der Waals surface area contributed by atoms with E-state index in [1.54, 1.807) is 20.8 Å². The van der Waals surface area contributed by atoms with Crippen LogP contribution in [0.1, 0.15) is 31.9 Å². The van der Waals surface area contributed by atoms with Gasteiger partial charge in [0, 0.05) is 0 Å². The van der Waals surface area contributed by atoms with Crippen molar-refractivity contribution in [2.75, 3.05) is 0 Å². The van der Waals surface area contributed by atoms with E-state index < -0.39 is 5.60 Å². The van der Waals surface area contributed by atoms with Crippen molar-refractivity contribution in [2.24, 2.45) is 0 Å². The molecule has 0 aliphatic rings. The summed E-state index contributed by atoms with van der Waals surface area (Å²) in [6.45, 7) is 9.55. The lowest BCUT2D eigenvalue weighted by molar-refractivity contribution is -0.306. The minimum Gasteiger partial charge on any atom is -0.251 e. The Morgan fingerprint density at radius 3 is 1.43 bits per heavy atom. The number of rotatable bonds is 0. The van der Waals surface area contributed by atoms with Crippen molar-refractivity contribution in [1.82, 2.24) is 0 Å². The van der Waals surface area contributed by atoms with Gasteiger partial charge in [-0.15, -0.1) is 0 Å². The van der Waals surface area contributed by atoms with Gasteiger partial charge in [0.25, 0.3) is 0 Å². The molecule has 0 amide bonds. The van der Waals surface area contributed by atoms with Gasteiger partial charge in [-0.05, 0) is 45.7 Å². The van der Waals surface area contributed by atoms with Crippen LogP contribution in [0.3, 0.4) is 0 Å². The summed E-state index contributed by atoms with van der Waals surface area (Å²) in [5.41, 5.74) is 2.33. The molecule has 0 aliphatic heterocycles. The van der Waals surface area contributed by atoms with Gasteiger partial charge in [-0.2, -0.15) is 0 Å². The van der Waals surface area contributed by atoms with E-state index in [-0.39, 0.29) is 0 Å². The van der Waals surface area contributed by atoms with Crippen molar-refractivity contribution in [3.8, 4) is 0 Å². The molecule has 0 aromatic heterocycles. The first-order valence-corrected chi connectivity index (χ1v) is 4.71. The van der Waals surface area contributed by atoms with Crippen molar-refractivity contribution in [3.05, 3.63) is 35.4 Å². The molecular formula is C12H20O2. The van der Waals surface area contributed by atoms with Gasteiger partial charge in [-0.3, -0.25) is 5.26 Å². The molecular weight excluding hydrogens is 176 g/mol. The van der Waals surface area contributed by atoms with E-state index in [0.717, 1.165) is 0 Å². The van der Waals surface area contributed by atoms with E-state index in [2.05, 4.69) is 43.0 Å². The molecule has 2 nitrogen and oxygen atoms in total. The smallest absolute Gasteiger partial charge is 0.0949 e. The molecule has 0 heterocycles. The second-order valence-electron chi connectivity index (χ2n) is 4.29. The van der Waals surface area contributed by atoms with E-state index in [1.165, 1.54) is 11.1 Å². The average molecular weight is 196 g/mol. The van der Waals surface area contributed by atoms with E-state index in [1.807, 2.05) is 0 Å². The van der Waals surface area contributed by atoms with Crippen LogP contribution in [0.5, 0.6) is 0 Å². The van der Waals surface area contributed by atoms with Crippen molar-refractivity contribution in [2.45, 2.75) is 40.2 Å². The fourth-order valence-corrected chi connectivity index (χ4v) is 0.663. The Kier molecular flexibility index (Phi) is 5.43. The summed E-state index contributed by atoms with van der Waals surface area (Å²) in [5.74, 6) is 0. The van der Waals surface area contributed by atoms with E-state index in [4.69, 9.17) is 5.26 Å². The van der Waals surface area contributed by atoms with Crippen LogP contribution in [-0.2, 0) is 4.89 Å². The first kappa shape index (κ1) is 13.1. The van der Waals surface area contributed by atoms with Crippen LogP contribution >= 0.6 is 0 Å². The highest BCUT2D eigenvalue weighted by molar-refractivity contribution is 5.23. The molecule has 0 atom stereocenters. The Hall–Kier alpha value is -0.860. The fraction of sp³-hybridized carbons (Fsp3) is 0.500. The summed E-state index contributed by atoms with van der Waals surface area (Å²) < 4.78 is 0. The topological polar surface area (TPSA) is 29.5 Å². The lowest BCUT2D eigenvalue weighted by atomic mass is 10.1. The van der Waals surface area contributed by atoms with Crippen LogP contribution in [0.4, 0.5) is 0 Å².